The lowest BCUT2D eigenvalue weighted by atomic mass is 10.2. The third kappa shape index (κ3) is 5.54. The molecule has 2 aromatic carbocycles. The minimum absolute atomic E-state index is 0.0752. The Morgan fingerprint density at radius 3 is 2.71 bits per heavy atom. The number of anilines is 1. The van der Waals surface area contributed by atoms with Crippen molar-refractivity contribution in [2.24, 2.45) is 0 Å². The van der Waals surface area contributed by atoms with Gasteiger partial charge in [-0.25, -0.2) is 4.39 Å². The monoisotopic (exact) mass is 367 g/mol. The molecule has 1 amide bonds. The number of carbonyl (C=O) groups excluding carboxylic acids is 2. The fourth-order valence-corrected chi connectivity index (χ4v) is 2.80. The molecule has 1 N–H and O–H groups in total. The predicted molar refractivity (Wildman–Crippen MR) is 92.9 cm³/mol. The highest BCUT2D eigenvalue weighted by Gasteiger charge is 2.11. The molecule has 0 aromatic heterocycles. The molecule has 0 atom stereocenters. The number of amides is 1. The van der Waals surface area contributed by atoms with Crippen LogP contribution in [0.3, 0.4) is 0 Å². The Hall–Kier alpha value is -2.05. The van der Waals surface area contributed by atoms with Gasteiger partial charge in [0.2, 0.25) is 0 Å². The number of hydrogen-bond donors (Lipinski definition) is 1. The summed E-state index contributed by atoms with van der Waals surface area (Å²) in [5.74, 6) is -1.52. The molecule has 24 heavy (non-hydrogen) atoms. The van der Waals surface area contributed by atoms with Gasteiger partial charge in [0.25, 0.3) is 5.91 Å². The van der Waals surface area contributed by atoms with Crippen LogP contribution in [0, 0.1) is 12.7 Å². The molecule has 0 aliphatic carbocycles. The van der Waals surface area contributed by atoms with Gasteiger partial charge in [0.1, 0.15) is 5.82 Å². The van der Waals surface area contributed by atoms with Crippen LogP contribution in [-0.2, 0) is 14.3 Å². The number of hydrogen-bond acceptors (Lipinski definition) is 4. The summed E-state index contributed by atoms with van der Waals surface area (Å²) in [6.45, 7) is 1.40. The Bertz CT molecular complexity index is 754. The first kappa shape index (κ1) is 18.3. The van der Waals surface area contributed by atoms with Gasteiger partial charge < -0.3 is 10.1 Å². The van der Waals surface area contributed by atoms with Crippen molar-refractivity contribution in [3.63, 3.8) is 0 Å². The molecule has 0 saturated heterocycles. The minimum Gasteiger partial charge on any atom is -0.455 e. The normalized spacial score (nSPS) is 10.3. The van der Waals surface area contributed by atoms with Crippen molar-refractivity contribution in [2.75, 3.05) is 17.7 Å². The molecule has 0 aliphatic heterocycles. The second-order valence-corrected chi connectivity index (χ2v) is 6.34. The van der Waals surface area contributed by atoms with Gasteiger partial charge >= 0.3 is 5.97 Å². The highest BCUT2D eigenvalue weighted by molar-refractivity contribution is 8.00. The quantitative estimate of drug-likeness (QED) is 0.618. The van der Waals surface area contributed by atoms with Crippen LogP contribution >= 0.6 is 23.4 Å². The van der Waals surface area contributed by atoms with Crippen molar-refractivity contribution in [1.82, 2.24) is 0 Å². The van der Waals surface area contributed by atoms with E-state index in [9.17, 15) is 14.0 Å². The number of nitrogens with one attached hydrogen (secondary N) is 1. The summed E-state index contributed by atoms with van der Waals surface area (Å²) in [5.41, 5.74) is 1.40. The highest BCUT2D eigenvalue weighted by Crippen LogP contribution is 2.21. The van der Waals surface area contributed by atoms with Gasteiger partial charge in [0.15, 0.2) is 6.61 Å². The zero-order chi connectivity index (χ0) is 17.5. The average Bonchev–Trinajstić information content (AvgIpc) is 2.55. The van der Waals surface area contributed by atoms with Gasteiger partial charge in [-0.2, -0.15) is 0 Å². The molecule has 0 heterocycles. The maximum Gasteiger partial charge on any atom is 0.316 e. The fourth-order valence-electron chi connectivity index (χ4n) is 1.84. The minimum atomic E-state index is -0.591. The van der Waals surface area contributed by atoms with Crippen LogP contribution in [0.25, 0.3) is 0 Å². The van der Waals surface area contributed by atoms with Crippen LogP contribution < -0.4 is 5.32 Å². The summed E-state index contributed by atoms with van der Waals surface area (Å²) in [7, 11) is 0. The topological polar surface area (TPSA) is 55.4 Å². The van der Waals surface area contributed by atoms with E-state index >= 15 is 0 Å². The summed E-state index contributed by atoms with van der Waals surface area (Å²) in [6, 6.07) is 11.2. The molecule has 126 valence electrons. The van der Waals surface area contributed by atoms with Crippen LogP contribution in [0.5, 0.6) is 0 Å². The molecule has 0 radical (unpaired) electrons. The SMILES string of the molecule is Cc1cc(Cl)ccc1NC(=O)COC(=O)CSc1ccccc1F. The van der Waals surface area contributed by atoms with Gasteiger partial charge in [-0.15, -0.1) is 11.8 Å². The third-order valence-corrected chi connectivity index (χ3v) is 4.27. The molecule has 0 saturated carbocycles. The molecule has 4 nitrogen and oxygen atoms in total. The van der Waals surface area contributed by atoms with Gasteiger partial charge in [-0.1, -0.05) is 23.7 Å². The van der Waals surface area contributed by atoms with E-state index in [1.807, 2.05) is 0 Å². The molecule has 2 aromatic rings. The lowest BCUT2D eigenvalue weighted by Gasteiger charge is -2.09. The maximum atomic E-state index is 13.4. The molecule has 0 fully saturated rings. The zero-order valence-electron chi connectivity index (χ0n) is 12.8. The van der Waals surface area contributed by atoms with E-state index in [1.54, 1.807) is 43.3 Å². The van der Waals surface area contributed by atoms with Crippen molar-refractivity contribution < 1.29 is 18.7 Å². The summed E-state index contributed by atoms with van der Waals surface area (Å²) in [5, 5.41) is 3.21. The molecule has 0 unspecified atom stereocenters. The molecule has 0 spiro atoms. The molecule has 0 aliphatic rings. The van der Waals surface area contributed by atoms with Crippen LogP contribution in [0.4, 0.5) is 10.1 Å². The van der Waals surface area contributed by atoms with Crippen molar-refractivity contribution in [3.05, 3.63) is 58.9 Å². The summed E-state index contributed by atoms with van der Waals surface area (Å²) in [6.07, 6.45) is 0. The molecule has 2 rings (SSSR count). The van der Waals surface area contributed by atoms with Crippen LogP contribution in [0.15, 0.2) is 47.4 Å². The van der Waals surface area contributed by atoms with Crippen molar-refractivity contribution >= 4 is 40.9 Å². The number of halogens is 2. The molecular weight excluding hydrogens is 353 g/mol. The summed E-state index contributed by atoms with van der Waals surface area (Å²) < 4.78 is 18.3. The summed E-state index contributed by atoms with van der Waals surface area (Å²) in [4.78, 5) is 23.8. The second kappa shape index (κ2) is 8.70. The Labute approximate surface area is 148 Å². The first-order chi connectivity index (χ1) is 11.5. The second-order valence-electron chi connectivity index (χ2n) is 4.89. The van der Waals surface area contributed by atoms with Crippen molar-refractivity contribution in [3.8, 4) is 0 Å². The van der Waals surface area contributed by atoms with E-state index in [0.717, 1.165) is 17.3 Å². The fraction of sp³-hybridized carbons (Fsp3) is 0.176. The number of carbonyl (C=O) groups is 2. The Morgan fingerprint density at radius 1 is 1.25 bits per heavy atom. The van der Waals surface area contributed by atoms with Gasteiger partial charge in [0.05, 0.1) is 5.75 Å². The maximum absolute atomic E-state index is 13.4. The number of benzene rings is 2. The number of thioether (sulfide) groups is 1. The van der Waals surface area contributed by atoms with Gasteiger partial charge in [-0.3, -0.25) is 9.59 Å². The lowest BCUT2D eigenvalue weighted by molar-refractivity contribution is -0.144. The van der Waals surface area contributed by atoms with E-state index in [-0.39, 0.29) is 5.75 Å². The van der Waals surface area contributed by atoms with Crippen molar-refractivity contribution in [2.45, 2.75) is 11.8 Å². The number of esters is 1. The predicted octanol–water partition coefficient (Wildman–Crippen LogP) is 4.06. The van der Waals surface area contributed by atoms with Gasteiger partial charge in [-0.05, 0) is 42.8 Å². The Balaban J connectivity index is 1.77. The third-order valence-electron chi connectivity index (χ3n) is 3.01. The molecular formula is C17H15ClFNO3S. The van der Waals surface area contributed by atoms with Gasteiger partial charge in [0, 0.05) is 15.6 Å². The molecule has 0 bridgehead atoms. The van der Waals surface area contributed by atoms with E-state index in [4.69, 9.17) is 16.3 Å². The first-order valence-electron chi connectivity index (χ1n) is 7.04. The van der Waals surface area contributed by atoms with E-state index in [0.29, 0.717) is 15.6 Å². The highest BCUT2D eigenvalue weighted by atomic mass is 35.5. The lowest BCUT2D eigenvalue weighted by Crippen LogP contribution is -2.22. The van der Waals surface area contributed by atoms with Crippen LogP contribution in [0.1, 0.15) is 5.56 Å². The molecule has 7 heteroatoms. The first-order valence-corrected chi connectivity index (χ1v) is 8.41. The van der Waals surface area contributed by atoms with E-state index < -0.39 is 24.3 Å². The zero-order valence-corrected chi connectivity index (χ0v) is 14.4. The Morgan fingerprint density at radius 2 is 2.00 bits per heavy atom. The van der Waals surface area contributed by atoms with E-state index in [1.165, 1.54) is 6.07 Å². The largest absolute Gasteiger partial charge is 0.455 e. The van der Waals surface area contributed by atoms with Crippen molar-refractivity contribution in [1.29, 1.82) is 0 Å². The standard InChI is InChI=1S/C17H15ClFNO3S/c1-11-8-12(18)6-7-14(11)20-16(21)9-23-17(22)10-24-15-5-3-2-4-13(15)19/h2-8H,9-10H2,1H3,(H,20,21). The number of rotatable bonds is 6. The van der Waals surface area contributed by atoms with Crippen LogP contribution in [0.2, 0.25) is 5.02 Å². The number of aryl methyl sites for hydroxylation is 1. The Kier molecular flexibility index (Phi) is 6.63. The smallest absolute Gasteiger partial charge is 0.316 e. The summed E-state index contributed by atoms with van der Waals surface area (Å²) >= 11 is 6.86. The average molecular weight is 368 g/mol. The van der Waals surface area contributed by atoms with Crippen LogP contribution in [-0.4, -0.2) is 24.2 Å². The van der Waals surface area contributed by atoms with E-state index in [2.05, 4.69) is 5.32 Å². The number of ether oxygens (including phenoxy) is 1.